The molecule has 0 amide bonds. The smallest absolute Gasteiger partial charge is 0.308 e. The van der Waals surface area contributed by atoms with Crippen molar-refractivity contribution in [1.29, 1.82) is 0 Å². The quantitative estimate of drug-likeness (QED) is 0.310. The van der Waals surface area contributed by atoms with Gasteiger partial charge >= 0.3 is 5.97 Å². The molecule has 168 valence electrons. The Bertz CT molecular complexity index is 810. The minimum absolute atomic E-state index is 0.00576. The molecule has 2 aromatic rings. The van der Waals surface area contributed by atoms with E-state index in [1.54, 1.807) is 5.80 Å². The van der Waals surface area contributed by atoms with Crippen molar-refractivity contribution in [2.24, 2.45) is 0 Å². The van der Waals surface area contributed by atoms with Crippen LogP contribution in [0.25, 0.3) is 0 Å². The highest BCUT2D eigenvalue weighted by Crippen LogP contribution is 2.38. The van der Waals surface area contributed by atoms with Crippen LogP contribution in [0.1, 0.15) is 34.1 Å². The van der Waals surface area contributed by atoms with Gasteiger partial charge in [-0.15, -0.1) is 0 Å². The summed E-state index contributed by atoms with van der Waals surface area (Å²) in [6.07, 6.45) is -0.565. The summed E-state index contributed by atoms with van der Waals surface area (Å²) in [5, 5.41) is 1.93. The van der Waals surface area contributed by atoms with Crippen molar-refractivity contribution in [3.8, 4) is 0 Å². The van der Waals surface area contributed by atoms with E-state index in [9.17, 15) is 9.69 Å². The second-order valence-corrected chi connectivity index (χ2v) is 13.9. The summed E-state index contributed by atoms with van der Waals surface area (Å²) in [6, 6.07) is 20.3. The molecule has 2 atom stereocenters. The lowest BCUT2D eigenvalue weighted by atomic mass is 10.2. The Morgan fingerprint density at radius 1 is 1.06 bits per heavy atom. The molecule has 0 saturated heterocycles. The maximum Gasteiger partial charge on any atom is 0.308 e. The topological polar surface area (TPSA) is 67.8 Å². The molecule has 0 heterocycles. The lowest BCUT2D eigenvalue weighted by Gasteiger charge is -2.44. The van der Waals surface area contributed by atoms with Crippen molar-refractivity contribution in [2.75, 3.05) is 20.1 Å². The summed E-state index contributed by atoms with van der Waals surface area (Å²) in [6.45, 7) is 8.82. The van der Waals surface area contributed by atoms with E-state index >= 15 is 0 Å². The van der Waals surface area contributed by atoms with Crippen LogP contribution in [0.4, 0.5) is 0 Å². The van der Waals surface area contributed by atoms with E-state index in [0.29, 0.717) is 6.61 Å². The van der Waals surface area contributed by atoms with Crippen molar-refractivity contribution in [3.05, 3.63) is 60.7 Å². The van der Waals surface area contributed by atoms with Crippen LogP contribution in [0.2, 0.25) is 5.04 Å². The third-order valence-electron chi connectivity index (χ3n) is 5.10. The van der Waals surface area contributed by atoms with E-state index in [2.05, 4.69) is 45.0 Å². The molecule has 0 fully saturated rings. The van der Waals surface area contributed by atoms with Gasteiger partial charge in [0, 0.05) is 6.61 Å². The molecule has 0 aliphatic carbocycles. The molecule has 0 aliphatic rings. The third kappa shape index (κ3) is 6.58. The summed E-state index contributed by atoms with van der Waals surface area (Å²) in [4.78, 5) is 24.8. The van der Waals surface area contributed by atoms with E-state index < -0.39 is 28.2 Å². The van der Waals surface area contributed by atoms with E-state index in [1.807, 2.05) is 43.3 Å². The number of carbonyl (C=O) groups excluding carboxylic acids is 1. The molecule has 5 nitrogen and oxygen atoms in total. The van der Waals surface area contributed by atoms with Gasteiger partial charge in [0.2, 0.25) is 6.35 Å². The van der Waals surface area contributed by atoms with Crippen LogP contribution in [0.5, 0.6) is 0 Å². The Kier molecular flexibility index (Phi) is 9.60. The molecule has 31 heavy (non-hydrogen) atoms. The SMILES string of the molecule is CCOC[P+]([O-])=C[C@H](CC(=O)OC)O[Si](c1ccccc1)(c1ccccc1)C(C)(C)C. The Balaban J connectivity index is 2.64. The minimum Gasteiger partial charge on any atom is -0.629 e. The molecule has 0 spiro atoms. The van der Waals surface area contributed by atoms with Crippen molar-refractivity contribution in [2.45, 2.75) is 45.3 Å². The van der Waals surface area contributed by atoms with E-state index in [-0.39, 0.29) is 17.8 Å². The van der Waals surface area contributed by atoms with Gasteiger partial charge in [0.15, 0.2) is 0 Å². The maximum absolute atomic E-state index is 12.6. The minimum atomic E-state index is -2.90. The summed E-state index contributed by atoms with van der Waals surface area (Å²) in [5.41, 5.74) is 0. The van der Waals surface area contributed by atoms with Crippen molar-refractivity contribution in [3.63, 3.8) is 0 Å². The number of hydrogen-bond donors (Lipinski definition) is 0. The first kappa shape index (κ1) is 25.4. The Morgan fingerprint density at radius 3 is 2.00 bits per heavy atom. The van der Waals surface area contributed by atoms with Crippen LogP contribution in [-0.2, 0) is 18.7 Å². The van der Waals surface area contributed by atoms with Gasteiger partial charge in [0.1, 0.15) is 11.9 Å². The lowest BCUT2D eigenvalue weighted by molar-refractivity contribution is -0.156. The summed E-state index contributed by atoms with van der Waals surface area (Å²) in [7, 11) is -3.34. The van der Waals surface area contributed by atoms with Gasteiger partial charge in [-0.25, -0.2) is 0 Å². The second kappa shape index (κ2) is 11.7. The van der Waals surface area contributed by atoms with Crippen LogP contribution < -0.4 is 15.3 Å². The molecule has 0 N–H and O–H groups in total. The fourth-order valence-corrected chi connectivity index (χ4v) is 9.42. The van der Waals surface area contributed by atoms with Crippen molar-refractivity contribution >= 4 is 38.2 Å². The molecule has 7 heteroatoms. The van der Waals surface area contributed by atoms with E-state index in [0.717, 1.165) is 10.4 Å². The van der Waals surface area contributed by atoms with Crippen LogP contribution in [0, 0.1) is 0 Å². The number of carbonyl (C=O) groups is 1. The van der Waals surface area contributed by atoms with E-state index in [4.69, 9.17) is 13.9 Å². The summed E-state index contributed by atoms with van der Waals surface area (Å²) >= 11 is 0. The van der Waals surface area contributed by atoms with Crippen LogP contribution in [0.15, 0.2) is 60.7 Å². The molecular formula is C24H33O5PSi. The first-order chi connectivity index (χ1) is 14.7. The number of rotatable bonds is 10. The Labute approximate surface area is 188 Å². The average Bonchev–Trinajstić information content (AvgIpc) is 2.76. The predicted molar refractivity (Wildman–Crippen MR) is 129 cm³/mol. The fourth-order valence-electron chi connectivity index (χ4n) is 3.70. The number of methoxy groups -OCH3 is 1. The molecule has 0 radical (unpaired) electrons. The van der Waals surface area contributed by atoms with Crippen LogP contribution in [-0.4, -0.2) is 46.3 Å². The zero-order valence-corrected chi connectivity index (χ0v) is 20.9. The maximum atomic E-state index is 12.6. The number of esters is 1. The van der Waals surface area contributed by atoms with Gasteiger partial charge in [-0.1, -0.05) is 81.4 Å². The van der Waals surface area contributed by atoms with Gasteiger partial charge < -0.3 is 18.8 Å². The largest absolute Gasteiger partial charge is 0.629 e. The van der Waals surface area contributed by atoms with Gasteiger partial charge in [0.25, 0.3) is 8.32 Å². The monoisotopic (exact) mass is 460 g/mol. The fraction of sp³-hybridized carbons (Fsp3) is 0.417. The van der Waals surface area contributed by atoms with Gasteiger partial charge in [-0.2, -0.15) is 0 Å². The van der Waals surface area contributed by atoms with Crippen LogP contribution >= 0.6 is 7.77 Å². The highest BCUT2D eigenvalue weighted by atomic mass is 31.1. The van der Waals surface area contributed by atoms with Gasteiger partial charge in [-0.05, 0) is 22.3 Å². The molecule has 0 bridgehead atoms. The average molecular weight is 461 g/mol. The number of hydrogen-bond acceptors (Lipinski definition) is 5. The standard InChI is InChI=1S/C24H33O5PSi/c1-6-28-19-30(26)18-20(17-23(25)27-5)29-31(24(2,3)4,21-13-9-7-10-14-21)22-15-11-8-12-16-22/h7-16,18,20H,6,17,19H2,1-5H3/t20-/m0/s1. The molecule has 2 rings (SSSR count). The van der Waals surface area contributed by atoms with Gasteiger partial charge in [-0.3, -0.25) is 4.79 Å². The second-order valence-electron chi connectivity index (χ2n) is 8.29. The zero-order chi connectivity index (χ0) is 22.9. The molecule has 0 aliphatic heterocycles. The Morgan fingerprint density at radius 2 is 1.58 bits per heavy atom. The molecule has 2 aromatic carbocycles. The number of benzene rings is 2. The first-order valence-corrected chi connectivity index (χ1v) is 13.9. The first-order valence-electron chi connectivity index (χ1n) is 10.5. The molecule has 0 saturated carbocycles. The van der Waals surface area contributed by atoms with Crippen LogP contribution in [0.3, 0.4) is 0 Å². The Hall–Kier alpha value is -1.82. The molecule has 0 aromatic heterocycles. The predicted octanol–water partition coefficient (Wildman–Crippen LogP) is 3.05. The lowest BCUT2D eigenvalue weighted by Crippen LogP contribution is -2.68. The number of ether oxygens (including phenoxy) is 2. The molecular weight excluding hydrogens is 427 g/mol. The van der Waals surface area contributed by atoms with E-state index in [1.165, 1.54) is 7.11 Å². The third-order valence-corrected chi connectivity index (χ3v) is 11.3. The zero-order valence-electron chi connectivity index (χ0n) is 19.0. The summed E-state index contributed by atoms with van der Waals surface area (Å²) < 4.78 is 17.2. The molecule has 1 unspecified atom stereocenters. The van der Waals surface area contributed by atoms with Crippen molar-refractivity contribution in [1.82, 2.24) is 0 Å². The highest BCUT2D eigenvalue weighted by molar-refractivity contribution is 7.49. The summed E-state index contributed by atoms with van der Waals surface area (Å²) in [5.74, 6) is 1.21. The highest BCUT2D eigenvalue weighted by Gasteiger charge is 2.51. The van der Waals surface area contributed by atoms with Crippen molar-refractivity contribution < 1.29 is 23.6 Å². The van der Waals surface area contributed by atoms with Gasteiger partial charge in [0.05, 0.1) is 21.3 Å². The normalized spacial score (nSPS) is 13.7.